The molecule has 0 bridgehead atoms. The van der Waals surface area contributed by atoms with Crippen LogP contribution in [0.5, 0.6) is 5.75 Å². The predicted molar refractivity (Wildman–Crippen MR) is 117 cm³/mol. The van der Waals surface area contributed by atoms with Gasteiger partial charge in [0.2, 0.25) is 0 Å². The molecule has 2 aliphatic heterocycles. The average Bonchev–Trinajstić information content (AvgIpc) is 3.32. The molecule has 2 aliphatic rings. The van der Waals surface area contributed by atoms with E-state index in [-0.39, 0.29) is 34.8 Å². The quantitative estimate of drug-likeness (QED) is 0.594. The minimum Gasteiger partial charge on any atom is -0.491 e. The molecule has 4 rings (SSSR count). The van der Waals surface area contributed by atoms with Crippen LogP contribution in [0.1, 0.15) is 40.1 Å². The lowest BCUT2D eigenvalue weighted by molar-refractivity contribution is 0.0450. The summed E-state index contributed by atoms with van der Waals surface area (Å²) in [5.41, 5.74) is 7.31. The van der Waals surface area contributed by atoms with Crippen molar-refractivity contribution in [1.82, 2.24) is 15.4 Å². The molecule has 3 atom stereocenters. The number of aliphatic imine (C=N–C) groups is 1. The number of thiazole rings is 1. The van der Waals surface area contributed by atoms with Crippen molar-refractivity contribution in [2.45, 2.75) is 31.7 Å². The van der Waals surface area contributed by atoms with Crippen LogP contribution in [0.15, 0.2) is 17.1 Å². The smallest absolute Gasteiger partial charge is 0.277 e. The predicted octanol–water partition coefficient (Wildman–Crippen LogP) is 1.42. The number of nitrogens with one attached hydrogen (secondary N) is 1. The Bertz CT molecular complexity index is 1180. The fourth-order valence-electron chi connectivity index (χ4n) is 3.29. The highest BCUT2D eigenvalue weighted by molar-refractivity contribution is 7.14. The van der Waals surface area contributed by atoms with Gasteiger partial charge in [-0.1, -0.05) is 11.8 Å². The van der Waals surface area contributed by atoms with Gasteiger partial charge in [0.25, 0.3) is 5.91 Å². The first-order valence-electron chi connectivity index (χ1n) is 9.76. The van der Waals surface area contributed by atoms with E-state index in [1.807, 2.05) is 19.0 Å². The van der Waals surface area contributed by atoms with Crippen molar-refractivity contribution < 1.29 is 23.9 Å². The van der Waals surface area contributed by atoms with Crippen LogP contribution in [0.3, 0.4) is 0 Å². The van der Waals surface area contributed by atoms with Crippen LogP contribution in [-0.2, 0) is 4.84 Å². The normalized spacial score (nSPS) is 21.2. The molecule has 0 spiro atoms. The zero-order valence-electron chi connectivity index (χ0n) is 17.9. The lowest BCUT2D eigenvalue weighted by atomic mass is 10.0. The third kappa shape index (κ3) is 4.05. The summed E-state index contributed by atoms with van der Waals surface area (Å²) in [6.45, 7) is 3.37. The summed E-state index contributed by atoms with van der Waals surface area (Å²) in [5, 5.41) is 10.8. The number of fused-ring (bicyclic) bond motifs is 3. The first-order valence-corrected chi connectivity index (χ1v) is 10.6. The lowest BCUT2D eigenvalue weighted by Crippen LogP contribution is -2.40. The molecule has 32 heavy (non-hydrogen) atoms. The molecule has 0 saturated carbocycles. The summed E-state index contributed by atoms with van der Waals surface area (Å²) >= 11 is 1.19. The maximum absolute atomic E-state index is 14.9. The summed E-state index contributed by atoms with van der Waals surface area (Å²) in [7, 11) is 3.75. The fourth-order valence-corrected chi connectivity index (χ4v) is 4.40. The molecule has 1 aromatic carbocycles. The highest BCUT2D eigenvalue weighted by atomic mass is 32.1. The molecular formula is C21H22FN5O4S. The molecular weight excluding hydrogens is 437 g/mol. The second-order valence-corrected chi connectivity index (χ2v) is 8.86. The first kappa shape index (κ1) is 22.2. The number of benzene rings is 1. The Morgan fingerprint density at radius 1 is 1.47 bits per heavy atom. The molecule has 0 radical (unpaired) electrons. The van der Waals surface area contributed by atoms with E-state index in [0.717, 1.165) is 4.88 Å². The van der Waals surface area contributed by atoms with E-state index in [4.69, 9.17) is 15.3 Å². The Hall–Kier alpha value is -3.04. The van der Waals surface area contributed by atoms with Crippen LogP contribution in [-0.4, -0.2) is 59.3 Å². The first-order chi connectivity index (χ1) is 15.1. The zero-order chi connectivity index (χ0) is 23.2. The van der Waals surface area contributed by atoms with E-state index in [2.05, 4.69) is 27.3 Å². The number of ether oxygens (including phenoxy) is 1. The van der Waals surface area contributed by atoms with E-state index in [9.17, 15) is 14.3 Å². The summed E-state index contributed by atoms with van der Waals surface area (Å²) < 4.78 is 20.7. The lowest BCUT2D eigenvalue weighted by Gasteiger charge is -2.21. The Morgan fingerprint density at radius 2 is 2.22 bits per heavy atom. The summed E-state index contributed by atoms with van der Waals surface area (Å²) in [5.74, 6) is 4.47. The van der Waals surface area contributed by atoms with Crippen LogP contribution >= 0.6 is 11.3 Å². The van der Waals surface area contributed by atoms with Crippen molar-refractivity contribution in [2.24, 2.45) is 10.7 Å². The Balaban J connectivity index is 1.80. The van der Waals surface area contributed by atoms with Crippen molar-refractivity contribution in [2.75, 3.05) is 20.7 Å². The molecule has 4 N–H and O–H groups in total. The number of primary amides is 1. The van der Waals surface area contributed by atoms with Crippen LogP contribution in [0.2, 0.25) is 0 Å². The van der Waals surface area contributed by atoms with Crippen LogP contribution in [0.4, 0.5) is 4.39 Å². The van der Waals surface area contributed by atoms with Gasteiger partial charge in [-0.25, -0.2) is 24.7 Å². The highest BCUT2D eigenvalue weighted by Gasteiger charge is 2.32. The third-order valence-electron chi connectivity index (χ3n) is 5.05. The van der Waals surface area contributed by atoms with E-state index in [1.54, 1.807) is 6.92 Å². The van der Waals surface area contributed by atoms with Gasteiger partial charge in [0.05, 0.1) is 22.2 Å². The summed E-state index contributed by atoms with van der Waals surface area (Å²) in [6, 6.07) is 2.53. The second-order valence-electron chi connectivity index (χ2n) is 7.83. The van der Waals surface area contributed by atoms with Crippen LogP contribution < -0.4 is 16.0 Å². The van der Waals surface area contributed by atoms with Crippen LogP contribution in [0.25, 0.3) is 11.3 Å². The Labute approximate surface area is 188 Å². The number of carbonyl (C=O) groups excluding carboxylic acids is 1. The fraction of sp³-hybridized carbons (Fsp3) is 0.381. The number of amidine groups is 1. The van der Waals surface area contributed by atoms with Gasteiger partial charge >= 0.3 is 0 Å². The van der Waals surface area contributed by atoms with Gasteiger partial charge in [-0.05, 0) is 34.0 Å². The Kier molecular flexibility index (Phi) is 5.64. The SMILES string of the molecule is CC1N=C([C@](C)(O)C#Cc2cc3c(cc2F)OCC(N(C)C)c2sc(C(N)=O)nc2-3)NO1. The van der Waals surface area contributed by atoms with Gasteiger partial charge in [-0.15, -0.1) is 11.3 Å². The number of aliphatic hydroxyl groups is 1. The summed E-state index contributed by atoms with van der Waals surface area (Å²) in [4.78, 5) is 28.1. The minimum atomic E-state index is -1.68. The molecule has 0 saturated heterocycles. The van der Waals surface area contributed by atoms with Gasteiger partial charge in [0, 0.05) is 11.6 Å². The number of aromatic nitrogens is 1. The van der Waals surface area contributed by atoms with Gasteiger partial charge in [0.1, 0.15) is 18.2 Å². The standard InChI is InChI=1S/C21H22FN5O4S/c1-10-24-20(26-31-10)21(2,29)6-5-11-7-12-15(8-13(11)22)30-9-14(27(3)4)17-16(12)25-19(32-17)18(23)28/h7-8,10,14,29H,9H2,1-4H3,(H2,23,28)(H,24,26)/t10?,14?,21-/m1/s1. The average molecular weight is 460 g/mol. The number of hydrogen-bond acceptors (Lipinski definition) is 9. The molecule has 9 nitrogen and oxygen atoms in total. The molecule has 11 heteroatoms. The number of nitrogens with two attached hydrogens (primary N) is 1. The number of likely N-dealkylation sites (N-methyl/N-ethyl adjacent to an activating group) is 1. The maximum atomic E-state index is 14.9. The number of nitrogens with zero attached hydrogens (tertiary/aromatic N) is 3. The van der Waals surface area contributed by atoms with Crippen molar-refractivity contribution in [3.63, 3.8) is 0 Å². The maximum Gasteiger partial charge on any atom is 0.277 e. The number of amides is 1. The number of hydrogen-bond donors (Lipinski definition) is 3. The van der Waals surface area contributed by atoms with Crippen molar-refractivity contribution >= 4 is 23.1 Å². The monoisotopic (exact) mass is 459 g/mol. The largest absolute Gasteiger partial charge is 0.491 e. The molecule has 168 valence electrons. The molecule has 1 amide bonds. The summed E-state index contributed by atoms with van der Waals surface area (Å²) in [6.07, 6.45) is -0.466. The van der Waals surface area contributed by atoms with Gasteiger partial charge in [-0.2, -0.15) is 0 Å². The van der Waals surface area contributed by atoms with Crippen molar-refractivity contribution in [1.29, 1.82) is 0 Å². The number of hydroxylamine groups is 1. The molecule has 0 fully saturated rings. The van der Waals surface area contributed by atoms with Crippen LogP contribution in [0, 0.1) is 17.7 Å². The number of halogens is 1. The third-order valence-corrected chi connectivity index (χ3v) is 6.22. The molecule has 3 heterocycles. The van der Waals surface area contributed by atoms with Crippen molar-refractivity contribution in [3.8, 4) is 28.8 Å². The van der Waals surface area contributed by atoms with Gasteiger partial charge in [0.15, 0.2) is 22.7 Å². The van der Waals surface area contributed by atoms with Gasteiger partial charge in [-0.3, -0.25) is 9.69 Å². The number of carbonyl (C=O) groups is 1. The molecule has 0 aliphatic carbocycles. The minimum absolute atomic E-state index is 0.0306. The Morgan fingerprint density at radius 3 is 2.84 bits per heavy atom. The highest BCUT2D eigenvalue weighted by Crippen LogP contribution is 2.43. The molecule has 2 unspecified atom stereocenters. The van der Waals surface area contributed by atoms with E-state index in [0.29, 0.717) is 11.3 Å². The topological polar surface area (TPSA) is 122 Å². The molecule has 1 aromatic heterocycles. The van der Waals surface area contributed by atoms with Crippen molar-refractivity contribution in [3.05, 3.63) is 33.4 Å². The van der Waals surface area contributed by atoms with E-state index in [1.165, 1.54) is 30.4 Å². The number of rotatable bonds is 3. The molecule has 2 aromatic rings. The van der Waals surface area contributed by atoms with Gasteiger partial charge < -0.3 is 15.6 Å². The second kappa shape index (κ2) is 8.14. The van der Waals surface area contributed by atoms with E-state index < -0.39 is 23.6 Å². The zero-order valence-corrected chi connectivity index (χ0v) is 18.7. The van der Waals surface area contributed by atoms with E-state index >= 15 is 0 Å².